The Kier molecular flexibility index (Phi) is 7.90. The van der Waals surface area contributed by atoms with Crippen molar-refractivity contribution >= 4 is 11.7 Å². The van der Waals surface area contributed by atoms with Gasteiger partial charge in [-0.3, -0.25) is 4.90 Å². The zero-order valence-electron chi connectivity index (χ0n) is 17.0. The van der Waals surface area contributed by atoms with E-state index in [4.69, 9.17) is 9.47 Å². The monoisotopic (exact) mass is 398 g/mol. The molecule has 1 N–H and O–H groups in total. The molecule has 1 unspecified atom stereocenters. The van der Waals surface area contributed by atoms with Gasteiger partial charge >= 0.3 is 5.97 Å². The fraction of sp³-hybridized carbons (Fsp3) is 0.435. The zero-order chi connectivity index (χ0) is 20.5. The maximum Gasteiger partial charge on any atom is 0.338 e. The molecule has 0 amide bonds. The normalized spacial score (nSPS) is 15.7. The Labute approximate surface area is 172 Å². The molecule has 0 bridgehead atoms. The zero-order valence-corrected chi connectivity index (χ0v) is 17.0. The Morgan fingerprint density at radius 3 is 2.38 bits per heavy atom. The summed E-state index contributed by atoms with van der Waals surface area (Å²) >= 11 is 0. The van der Waals surface area contributed by atoms with Gasteiger partial charge in [0.05, 0.1) is 18.3 Å². The van der Waals surface area contributed by atoms with Crippen molar-refractivity contribution in [1.82, 2.24) is 4.90 Å². The second-order valence-electron chi connectivity index (χ2n) is 7.16. The number of anilines is 1. The van der Waals surface area contributed by atoms with Crippen LogP contribution < -0.4 is 9.64 Å². The highest BCUT2D eigenvalue weighted by Gasteiger charge is 2.18. The van der Waals surface area contributed by atoms with Gasteiger partial charge in [-0.2, -0.15) is 0 Å². The molecule has 0 spiro atoms. The maximum atomic E-state index is 11.8. The van der Waals surface area contributed by atoms with E-state index >= 15 is 0 Å². The van der Waals surface area contributed by atoms with Crippen LogP contribution in [0.15, 0.2) is 54.6 Å². The average molecular weight is 399 g/mol. The van der Waals surface area contributed by atoms with E-state index in [-0.39, 0.29) is 5.97 Å². The van der Waals surface area contributed by atoms with Gasteiger partial charge in [-0.05, 0) is 49.7 Å². The first-order valence-corrected chi connectivity index (χ1v) is 10.3. The van der Waals surface area contributed by atoms with Crippen molar-refractivity contribution in [2.75, 3.05) is 50.8 Å². The highest BCUT2D eigenvalue weighted by molar-refractivity contribution is 5.89. The number of piperazine rings is 1. The lowest BCUT2D eigenvalue weighted by Gasteiger charge is -2.36. The highest BCUT2D eigenvalue weighted by atomic mass is 16.5. The number of esters is 1. The molecule has 2 aromatic rings. The van der Waals surface area contributed by atoms with Gasteiger partial charge < -0.3 is 19.5 Å². The minimum Gasteiger partial charge on any atom is -0.491 e. The molecule has 1 aliphatic heterocycles. The fourth-order valence-corrected chi connectivity index (χ4v) is 3.38. The van der Waals surface area contributed by atoms with Crippen LogP contribution in [0, 0.1) is 0 Å². The van der Waals surface area contributed by atoms with Crippen LogP contribution >= 0.6 is 0 Å². The Hall–Kier alpha value is -2.57. The summed E-state index contributed by atoms with van der Waals surface area (Å²) < 4.78 is 10.6. The number of carbonyl (C=O) groups is 1. The van der Waals surface area contributed by atoms with Crippen LogP contribution in [0.4, 0.5) is 5.69 Å². The Balaban J connectivity index is 1.37. The van der Waals surface area contributed by atoms with E-state index in [1.807, 2.05) is 54.6 Å². The van der Waals surface area contributed by atoms with E-state index in [0.29, 0.717) is 25.2 Å². The summed E-state index contributed by atoms with van der Waals surface area (Å²) in [6.07, 6.45) is 0.227. The molecular formula is C23H30N2O4. The summed E-state index contributed by atoms with van der Waals surface area (Å²) in [7, 11) is 0. The smallest absolute Gasteiger partial charge is 0.338 e. The number of aliphatic hydroxyl groups is 1. The van der Waals surface area contributed by atoms with Crippen LogP contribution in [0.2, 0.25) is 0 Å². The molecule has 0 aromatic heterocycles. The molecule has 0 saturated carbocycles. The lowest BCUT2D eigenvalue weighted by atomic mass is 10.1. The molecule has 6 heteroatoms. The van der Waals surface area contributed by atoms with Crippen LogP contribution in [-0.4, -0.2) is 68.0 Å². The van der Waals surface area contributed by atoms with Crippen LogP contribution in [0.5, 0.6) is 5.75 Å². The van der Waals surface area contributed by atoms with Crippen molar-refractivity contribution < 1.29 is 19.4 Å². The van der Waals surface area contributed by atoms with Crippen LogP contribution in [0.1, 0.15) is 23.7 Å². The topological polar surface area (TPSA) is 62.2 Å². The third-order valence-corrected chi connectivity index (χ3v) is 5.08. The molecule has 2 aromatic carbocycles. The van der Waals surface area contributed by atoms with Crippen molar-refractivity contribution in [3.05, 3.63) is 60.2 Å². The van der Waals surface area contributed by atoms with E-state index in [1.165, 1.54) is 0 Å². The number of aliphatic hydroxyl groups excluding tert-OH is 1. The van der Waals surface area contributed by atoms with Gasteiger partial charge in [-0.1, -0.05) is 18.2 Å². The summed E-state index contributed by atoms with van der Waals surface area (Å²) in [5.74, 6) is 0.507. The molecule has 0 radical (unpaired) electrons. The Morgan fingerprint density at radius 2 is 1.72 bits per heavy atom. The summed E-state index contributed by atoms with van der Waals surface area (Å²) in [6, 6.07) is 17.2. The molecule has 1 atom stereocenters. The predicted molar refractivity (Wildman–Crippen MR) is 114 cm³/mol. The van der Waals surface area contributed by atoms with Crippen molar-refractivity contribution in [1.29, 1.82) is 0 Å². The molecule has 156 valence electrons. The minimum atomic E-state index is -0.469. The van der Waals surface area contributed by atoms with Crippen LogP contribution in [0.3, 0.4) is 0 Å². The second-order valence-corrected chi connectivity index (χ2v) is 7.16. The Morgan fingerprint density at radius 1 is 1.03 bits per heavy atom. The first kappa shape index (κ1) is 21.1. The second kappa shape index (κ2) is 10.8. The fourth-order valence-electron chi connectivity index (χ4n) is 3.38. The predicted octanol–water partition coefficient (Wildman–Crippen LogP) is 2.82. The van der Waals surface area contributed by atoms with Crippen molar-refractivity contribution in [2.45, 2.75) is 19.4 Å². The lowest BCUT2D eigenvalue weighted by Crippen LogP contribution is -2.47. The molecule has 1 heterocycles. The first-order chi connectivity index (χ1) is 14.2. The van der Waals surface area contributed by atoms with Gasteiger partial charge in [0, 0.05) is 38.4 Å². The SMILES string of the molecule is CCOC(=O)c1ccc(N2CCN(CCC(O)COc3ccccc3)CC2)cc1. The van der Waals surface area contributed by atoms with E-state index < -0.39 is 6.10 Å². The van der Waals surface area contributed by atoms with Crippen LogP contribution in [0.25, 0.3) is 0 Å². The summed E-state index contributed by atoms with van der Waals surface area (Å²) in [6.45, 7) is 7.12. The van der Waals surface area contributed by atoms with Gasteiger partial charge in [0.25, 0.3) is 0 Å². The standard InChI is InChI=1S/C23H30N2O4/c1-2-28-23(27)19-8-10-20(11-9-19)25-16-14-24(15-17-25)13-12-21(26)18-29-22-6-4-3-5-7-22/h3-11,21,26H,2,12-18H2,1H3. The summed E-state index contributed by atoms with van der Waals surface area (Å²) in [5.41, 5.74) is 1.70. The third-order valence-electron chi connectivity index (χ3n) is 5.08. The van der Waals surface area contributed by atoms with E-state index in [9.17, 15) is 9.90 Å². The molecule has 29 heavy (non-hydrogen) atoms. The van der Waals surface area contributed by atoms with E-state index in [0.717, 1.165) is 44.2 Å². The lowest BCUT2D eigenvalue weighted by molar-refractivity contribution is 0.0526. The molecule has 1 saturated heterocycles. The van der Waals surface area contributed by atoms with Crippen molar-refractivity contribution in [3.63, 3.8) is 0 Å². The molecular weight excluding hydrogens is 368 g/mol. The number of ether oxygens (including phenoxy) is 2. The Bertz CT molecular complexity index is 743. The van der Waals surface area contributed by atoms with E-state index in [2.05, 4.69) is 9.80 Å². The van der Waals surface area contributed by atoms with Crippen molar-refractivity contribution in [2.24, 2.45) is 0 Å². The number of hydrogen-bond acceptors (Lipinski definition) is 6. The maximum absolute atomic E-state index is 11.8. The molecule has 1 aliphatic rings. The minimum absolute atomic E-state index is 0.279. The molecule has 6 nitrogen and oxygen atoms in total. The number of benzene rings is 2. The highest BCUT2D eigenvalue weighted by Crippen LogP contribution is 2.18. The number of carbonyl (C=O) groups excluding carboxylic acids is 1. The average Bonchev–Trinajstić information content (AvgIpc) is 2.77. The third kappa shape index (κ3) is 6.48. The van der Waals surface area contributed by atoms with Gasteiger partial charge in [0.1, 0.15) is 12.4 Å². The number of para-hydroxylation sites is 1. The molecule has 3 rings (SSSR count). The number of nitrogens with zero attached hydrogens (tertiary/aromatic N) is 2. The van der Waals surface area contributed by atoms with Gasteiger partial charge in [0.15, 0.2) is 0 Å². The number of rotatable bonds is 9. The van der Waals surface area contributed by atoms with E-state index in [1.54, 1.807) is 6.92 Å². The number of hydrogen-bond donors (Lipinski definition) is 1. The molecule has 1 fully saturated rings. The van der Waals surface area contributed by atoms with Gasteiger partial charge in [0.2, 0.25) is 0 Å². The summed E-state index contributed by atoms with van der Waals surface area (Å²) in [5, 5.41) is 10.2. The first-order valence-electron chi connectivity index (χ1n) is 10.3. The summed E-state index contributed by atoms with van der Waals surface area (Å²) in [4.78, 5) is 16.4. The molecule has 0 aliphatic carbocycles. The van der Waals surface area contributed by atoms with Gasteiger partial charge in [-0.15, -0.1) is 0 Å². The van der Waals surface area contributed by atoms with Crippen LogP contribution in [-0.2, 0) is 4.74 Å². The van der Waals surface area contributed by atoms with Crippen molar-refractivity contribution in [3.8, 4) is 5.75 Å². The van der Waals surface area contributed by atoms with Gasteiger partial charge in [-0.25, -0.2) is 4.79 Å². The quantitative estimate of drug-likeness (QED) is 0.656. The largest absolute Gasteiger partial charge is 0.491 e.